The molecule has 124 valence electrons. The van der Waals surface area contributed by atoms with E-state index < -0.39 is 29.9 Å². The Balaban J connectivity index is 2.05. The molecule has 2 aliphatic rings. The van der Waals surface area contributed by atoms with Gasteiger partial charge in [0.2, 0.25) is 11.8 Å². The molecule has 4 unspecified atom stereocenters. The Labute approximate surface area is 139 Å². The molecule has 0 saturated carbocycles. The lowest BCUT2D eigenvalue weighted by Gasteiger charge is -2.21. The van der Waals surface area contributed by atoms with Crippen LogP contribution in [0.15, 0.2) is 24.3 Å². The Kier molecular flexibility index (Phi) is 4.08. The van der Waals surface area contributed by atoms with E-state index in [0.717, 1.165) is 0 Å². The van der Waals surface area contributed by atoms with Crippen LogP contribution in [0.1, 0.15) is 24.1 Å². The number of fused-ring (bicyclic) bond motifs is 1. The molecule has 0 aliphatic carbocycles. The molecule has 0 aromatic heterocycles. The van der Waals surface area contributed by atoms with Gasteiger partial charge in [0.25, 0.3) is 0 Å². The van der Waals surface area contributed by atoms with E-state index in [0.29, 0.717) is 11.1 Å². The first-order valence-electron chi connectivity index (χ1n) is 7.72. The van der Waals surface area contributed by atoms with Crippen LogP contribution in [0, 0.1) is 23.2 Å². The molecule has 0 spiro atoms. The van der Waals surface area contributed by atoms with Crippen molar-refractivity contribution in [1.29, 1.82) is 5.26 Å². The normalized spacial score (nSPS) is 28.6. The Morgan fingerprint density at radius 1 is 1.33 bits per heavy atom. The van der Waals surface area contributed by atoms with Crippen LogP contribution in [-0.2, 0) is 19.1 Å². The number of nitrogens with one attached hydrogen (secondary N) is 1. The van der Waals surface area contributed by atoms with Gasteiger partial charge in [0, 0.05) is 12.6 Å². The maximum atomic E-state index is 12.7. The second-order valence-electron chi connectivity index (χ2n) is 5.85. The van der Waals surface area contributed by atoms with E-state index >= 15 is 0 Å². The van der Waals surface area contributed by atoms with Gasteiger partial charge in [0.1, 0.15) is 6.04 Å². The summed E-state index contributed by atoms with van der Waals surface area (Å²) in [5.74, 6) is -2.66. The zero-order valence-corrected chi connectivity index (χ0v) is 13.4. The molecule has 0 bridgehead atoms. The lowest BCUT2D eigenvalue weighted by molar-refractivity contribution is -0.148. The molecule has 1 N–H and O–H groups in total. The lowest BCUT2D eigenvalue weighted by Crippen LogP contribution is -2.43. The van der Waals surface area contributed by atoms with Crippen LogP contribution in [-0.4, -0.2) is 42.4 Å². The van der Waals surface area contributed by atoms with Crippen LogP contribution in [0.25, 0.3) is 0 Å². The number of likely N-dealkylation sites (tertiary alicyclic amines) is 1. The number of esters is 1. The number of nitrogens with zero attached hydrogens (tertiary/aromatic N) is 2. The molecule has 2 amide bonds. The molecule has 24 heavy (non-hydrogen) atoms. The highest BCUT2D eigenvalue weighted by Crippen LogP contribution is 2.44. The van der Waals surface area contributed by atoms with Gasteiger partial charge in [-0.05, 0) is 24.6 Å². The second-order valence-corrected chi connectivity index (χ2v) is 5.85. The molecule has 2 heterocycles. The number of imide groups is 1. The maximum absolute atomic E-state index is 12.7. The molecule has 2 fully saturated rings. The van der Waals surface area contributed by atoms with Crippen LogP contribution in [0.2, 0.25) is 0 Å². The summed E-state index contributed by atoms with van der Waals surface area (Å²) in [5, 5.41) is 12.1. The average Bonchev–Trinajstić information content (AvgIpc) is 3.11. The van der Waals surface area contributed by atoms with Gasteiger partial charge in [0.15, 0.2) is 0 Å². The number of hydrogen-bond donors (Lipinski definition) is 1. The summed E-state index contributed by atoms with van der Waals surface area (Å²) in [7, 11) is 1.25. The van der Waals surface area contributed by atoms with E-state index in [2.05, 4.69) is 11.4 Å². The first-order valence-corrected chi connectivity index (χ1v) is 7.72. The number of ether oxygens (including phenoxy) is 1. The third-order valence-electron chi connectivity index (χ3n) is 4.71. The molecule has 1 aromatic rings. The summed E-state index contributed by atoms with van der Waals surface area (Å²) >= 11 is 0. The molecule has 2 saturated heterocycles. The van der Waals surface area contributed by atoms with Gasteiger partial charge in [-0.1, -0.05) is 12.1 Å². The predicted octanol–water partition coefficient (Wildman–Crippen LogP) is 0.365. The van der Waals surface area contributed by atoms with Gasteiger partial charge in [-0.25, -0.2) is 0 Å². The Morgan fingerprint density at radius 3 is 2.67 bits per heavy atom. The summed E-state index contributed by atoms with van der Waals surface area (Å²) in [6.45, 7) is 1.99. The summed E-state index contributed by atoms with van der Waals surface area (Å²) in [6.07, 6.45) is 0. The fourth-order valence-corrected chi connectivity index (χ4v) is 3.63. The summed E-state index contributed by atoms with van der Waals surface area (Å²) in [4.78, 5) is 38.5. The van der Waals surface area contributed by atoms with Crippen LogP contribution >= 0.6 is 0 Å². The van der Waals surface area contributed by atoms with Crippen molar-refractivity contribution in [2.24, 2.45) is 11.8 Å². The largest absolute Gasteiger partial charge is 0.468 e. The van der Waals surface area contributed by atoms with Crippen molar-refractivity contribution in [3.05, 3.63) is 35.4 Å². The van der Waals surface area contributed by atoms with E-state index in [1.54, 1.807) is 31.2 Å². The van der Waals surface area contributed by atoms with E-state index in [4.69, 9.17) is 10.00 Å². The van der Waals surface area contributed by atoms with E-state index in [1.807, 2.05) is 0 Å². The minimum atomic E-state index is -0.872. The van der Waals surface area contributed by atoms with Crippen molar-refractivity contribution in [3.63, 3.8) is 0 Å². The SMILES string of the molecule is CCN1C(=O)C2C(C(=O)OC)NC(c3cccc(C#N)c3)C2C1=O. The second kappa shape index (κ2) is 6.06. The van der Waals surface area contributed by atoms with Crippen molar-refractivity contribution in [2.75, 3.05) is 13.7 Å². The Bertz CT molecular complexity index is 754. The minimum Gasteiger partial charge on any atom is -0.468 e. The van der Waals surface area contributed by atoms with Crippen molar-refractivity contribution in [1.82, 2.24) is 10.2 Å². The highest BCUT2D eigenvalue weighted by atomic mass is 16.5. The topological polar surface area (TPSA) is 99.5 Å². The smallest absolute Gasteiger partial charge is 0.323 e. The number of carbonyl (C=O) groups is 3. The highest BCUT2D eigenvalue weighted by Gasteiger charge is 2.60. The van der Waals surface area contributed by atoms with Gasteiger partial charge in [-0.2, -0.15) is 5.26 Å². The van der Waals surface area contributed by atoms with Crippen LogP contribution in [0.5, 0.6) is 0 Å². The first kappa shape index (κ1) is 16.1. The molecule has 7 nitrogen and oxygen atoms in total. The zero-order valence-electron chi connectivity index (χ0n) is 13.4. The summed E-state index contributed by atoms with van der Waals surface area (Å²) in [6, 6.07) is 7.49. The van der Waals surface area contributed by atoms with Crippen molar-refractivity contribution < 1.29 is 19.1 Å². The Hall–Kier alpha value is -2.72. The van der Waals surface area contributed by atoms with E-state index in [-0.39, 0.29) is 18.4 Å². The monoisotopic (exact) mass is 327 g/mol. The molecule has 4 atom stereocenters. The van der Waals surface area contributed by atoms with Gasteiger partial charge in [0.05, 0.1) is 30.6 Å². The predicted molar refractivity (Wildman–Crippen MR) is 82.2 cm³/mol. The number of rotatable bonds is 3. The molecule has 3 rings (SSSR count). The van der Waals surface area contributed by atoms with Crippen LogP contribution in [0.4, 0.5) is 0 Å². The minimum absolute atomic E-state index is 0.267. The molecule has 7 heteroatoms. The number of methoxy groups -OCH3 is 1. The van der Waals surface area contributed by atoms with E-state index in [1.165, 1.54) is 12.0 Å². The number of amides is 2. The fourth-order valence-electron chi connectivity index (χ4n) is 3.63. The number of hydrogen-bond acceptors (Lipinski definition) is 6. The van der Waals surface area contributed by atoms with Gasteiger partial charge < -0.3 is 4.74 Å². The third kappa shape index (κ3) is 2.27. The van der Waals surface area contributed by atoms with Gasteiger partial charge in [-0.15, -0.1) is 0 Å². The standard InChI is InChI=1S/C17H17N3O4/c1-3-20-15(21)11-12(16(20)22)14(17(23)24-2)19-13(11)10-6-4-5-9(7-10)8-18/h4-7,11-14,19H,3H2,1-2H3. The third-order valence-corrected chi connectivity index (χ3v) is 4.71. The summed E-state index contributed by atoms with van der Waals surface area (Å²) < 4.78 is 4.79. The van der Waals surface area contributed by atoms with Crippen molar-refractivity contribution in [3.8, 4) is 6.07 Å². The summed E-state index contributed by atoms with van der Waals surface area (Å²) in [5.41, 5.74) is 1.16. The quantitative estimate of drug-likeness (QED) is 0.636. The van der Waals surface area contributed by atoms with Crippen LogP contribution < -0.4 is 5.32 Å². The number of nitriles is 1. The van der Waals surface area contributed by atoms with Gasteiger partial charge in [-0.3, -0.25) is 24.6 Å². The van der Waals surface area contributed by atoms with Crippen LogP contribution in [0.3, 0.4) is 0 Å². The van der Waals surface area contributed by atoms with Gasteiger partial charge >= 0.3 is 5.97 Å². The number of carbonyl (C=O) groups excluding carboxylic acids is 3. The molecular weight excluding hydrogens is 310 g/mol. The number of benzene rings is 1. The molecule has 2 aliphatic heterocycles. The zero-order chi connectivity index (χ0) is 17.4. The van der Waals surface area contributed by atoms with Crippen molar-refractivity contribution >= 4 is 17.8 Å². The van der Waals surface area contributed by atoms with E-state index in [9.17, 15) is 14.4 Å². The molecule has 0 radical (unpaired) electrons. The van der Waals surface area contributed by atoms with Crippen molar-refractivity contribution in [2.45, 2.75) is 19.0 Å². The maximum Gasteiger partial charge on any atom is 0.323 e. The first-order chi connectivity index (χ1) is 11.5. The molecular formula is C17H17N3O4. The Morgan fingerprint density at radius 2 is 2.04 bits per heavy atom. The fraction of sp³-hybridized carbons (Fsp3) is 0.412. The highest BCUT2D eigenvalue weighted by molar-refractivity contribution is 6.08. The average molecular weight is 327 g/mol. The lowest BCUT2D eigenvalue weighted by atomic mass is 9.86. The molecule has 1 aromatic carbocycles.